The molecule has 1 aromatic rings. The summed E-state index contributed by atoms with van der Waals surface area (Å²) in [6, 6.07) is 6.54. The van der Waals surface area contributed by atoms with Gasteiger partial charge in [0.15, 0.2) is 5.96 Å². The Kier molecular flexibility index (Phi) is 11.1. The minimum absolute atomic E-state index is 0. The number of benzene rings is 1. The number of primary sulfonamides is 1. The average molecular weight is 456 g/mol. The Morgan fingerprint density at radius 2 is 1.83 bits per heavy atom. The van der Waals surface area contributed by atoms with Crippen molar-refractivity contribution in [3.63, 3.8) is 0 Å². The molecule has 0 radical (unpaired) electrons. The van der Waals surface area contributed by atoms with Gasteiger partial charge in [-0.1, -0.05) is 12.1 Å². The summed E-state index contributed by atoms with van der Waals surface area (Å²) in [5.41, 5.74) is 1.02. The van der Waals surface area contributed by atoms with Gasteiger partial charge in [-0.15, -0.1) is 24.0 Å². The van der Waals surface area contributed by atoms with Crippen LogP contribution in [0.4, 0.5) is 0 Å². The molecule has 0 spiro atoms. The summed E-state index contributed by atoms with van der Waals surface area (Å²) in [4.78, 5) is 4.23. The summed E-state index contributed by atoms with van der Waals surface area (Å²) in [7, 11) is -1.92. The molecular weight excluding hydrogens is 431 g/mol. The molecule has 0 aliphatic rings. The maximum Gasteiger partial charge on any atom is 0.238 e. The van der Waals surface area contributed by atoms with Crippen LogP contribution >= 0.6 is 24.0 Å². The minimum atomic E-state index is -3.63. The van der Waals surface area contributed by atoms with Crippen molar-refractivity contribution in [2.45, 2.75) is 18.2 Å². The third-order valence-electron chi connectivity index (χ3n) is 2.92. The molecule has 4 N–H and O–H groups in total. The first kappa shape index (κ1) is 22.1. The van der Waals surface area contributed by atoms with E-state index in [4.69, 9.17) is 9.88 Å². The largest absolute Gasteiger partial charge is 0.380 e. The van der Waals surface area contributed by atoms with Gasteiger partial charge in [0, 0.05) is 26.7 Å². The number of nitrogens with zero attached hydrogens (tertiary/aromatic N) is 1. The predicted molar refractivity (Wildman–Crippen MR) is 103 cm³/mol. The summed E-state index contributed by atoms with van der Waals surface area (Å²) >= 11 is 0. The van der Waals surface area contributed by atoms with E-state index in [0.717, 1.165) is 12.0 Å². The van der Waals surface area contributed by atoms with Crippen molar-refractivity contribution in [1.82, 2.24) is 10.6 Å². The molecule has 0 unspecified atom stereocenters. The normalized spacial score (nSPS) is 11.7. The Labute approximate surface area is 155 Å². The molecule has 132 valence electrons. The van der Waals surface area contributed by atoms with Crippen molar-refractivity contribution in [2.24, 2.45) is 10.1 Å². The van der Waals surface area contributed by atoms with E-state index in [0.29, 0.717) is 32.3 Å². The molecule has 0 bridgehead atoms. The highest BCUT2D eigenvalue weighted by molar-refractivity contribution is 14.0. The Balaban J connectivity index is 0.00000484. The number of aliphatic imine (C=N–C) groups is 1. The van der Waals surface area contributed by atoms with Gasteiger partial charge in [-0.2, -0.15) is 0 Å². The molecule has 0 atom stereocenters. The second-order valence-corrected chi connectivity index (χ2v) is 6.12. The Hall–Kier alpha value is -0.910. The van der Waals surface area contributed by atoms with Crippen LogP contribution in [-0.4, -0.2) is 47.7 Å². The van der Waals surface area contributed by atoms with Crippen LogP contribution in [-0.2, 0) is 21.2 Å². The quantitative estimate of drug-likeness (QED) is 0.231. The molecule has 7 nitrogen and oxygen atoms in total. The van der Waals surface area contributed by atoms with Gasteiger partial charge in [0.2, 0.25) is 10.0 Å². The summed E-state index contributed by atoms with van der Waals surface area (Å²) < 4.78 is 27.6. The monoisotopic (exact) mass is 456 g/mol. The van der Waals surface area contributed by atoms with Crippen LogP contribution < -0.4 is 15.8 Å². The lowest BCUT2D eigenvalue weighted by Crippen LogP contribution is -2.39. The van der Waals surface area contributed by atoms with Crippen LogP contribution in [0.3, 0.4) is 0 Å². The summed E-state index contributed by atoms with van der Waals surface area (Å²) in [5.74, 6) is 0.709. The van der Waals surface area contributed by atoms with Gasteiger partial charge in [0.1, 0.15) is 0 Å². The van der Waals surface area contributed by atoms with Gasteiger partial charge in [0.25, 0.3) is 0 Å². The molecule has 0 amide bonds. The van der Waals surface area contributed by atoms with Gasteiger partial charge < -0.3 is 15.4 Å². The van der Waals surface area contributed by atoms with Crippen LogP contribution in [0.2, 0.25) is 0 Å². The molecule has 0 aliphatic heterocycles. The fraction of sp³-hybridized carbons (Fsp3) is 0.500. The number of sulfonamides is 1. The lowest BCUT2D eigenvalue weighted by atomic mass is 10.1. The topological polar surface area (TPSA) is 106 Å². The molecule has 0 aliphatic carbocycles. The Bertz CT molecular complexity index is 576. The van der Waals surface area contributed by atoms with Crippen molar-refractivity contribution in [2.75, 3.05) is 33.4 Å². The van der Waals surface area contributed by atoms with Gasteiger partial charge in [-0.05, 0) is 31.0 Å². The first-order chi connectivity index (χ1) is 10.5. The smallest absolute Gasteiger partial charge is 0.238 e. The highest BCUT2D eigenvalue weighted by atomic mass is 127. The van der Waals surface area contributed by atoms with E-state index in [9.17, 15) is 8.42 Å². The Morgan fingerprint density at radius 3 is 2.35 bits per heavy atom. The molecule has 0 aromatic heterocycles. The summed E-state index contributed by atoms with van der Waals surface area (Å²) in [6.45, 7) is 4.66. The zero-order valence-corrected chi connectivity index (χ0v) is 16.6. The van der Waals surface area contributed by atoms with Crippen molar-refractivity contribution >= 4 is 40.0 Å². The van der Waals surface area contributed by atoms with E-state index >= 15 is 0 Å². The first-order valence-corrected chi connectivity index (χ1v) is 8.66. The second-order valence-electron chi connectivity index (χ2n) is 4.56. The number of guanidine groups is 1. The zero-order valence-electron chi connectivity index (χ0n) is 13.4. The van der Waals surface area contributed by atoms with Gasteiger partial charge in [-0.25, -0.2) is 13.6 Å². The van der Waals surface area contributed by atoms with Crippen molar-refractivity contribution < 1.29 is 13.2 Å². The van der Waals surface area contributed by atoms with Crippen molar-refractivity contribution in [1.29, 1.82) is 0 Å². The van der Waals surface area contributed by atoms with E-state index in [1.54, 1.807) is 19.2 Å². The molecule has 1 aromatic carbocycles. The second kappa shape index (κ2) is 11.6. The number of nitrogens with one attached hydrogen (secondary N) is 2. The van der Waals surface area contributed by atoms with E-state index < -0.39 is 10.0 Å². The van der Waals surface area contributed by atoms with Gasteiger partial charge in [0.05, 0.1) is 11.5 Å². The molecule has 0 fully saturated rings. The highest BCUT2D eigenvalue weighted by Crippen LogP contribution is 2.08. The third kappa shape index (κ3) is 9.08. The number of hydrogen-bond acceptors (Lipinski definition) is 4. The van der Waals surface area contributed by atoms with Crippen LogP contribution in [0.5, 0.6) is 0 Å². The van der Waals surface area contributed by atoms with Crippen LogP contribution in [0, 0.1) is 0 Å². The molecule has 23 heavy (non-hydrogen) atoms. The fourth-order valence-electron chi connectivity index (χ4n) is 1.78. The zero-order chi connectivity index (χ0) is 16.4. The SMILES string of the molecule is CCOCCNC(=NC)NCCc1ccc(S(N)(=O)=O)cc1.I. The molecule has 0 saturated heterocycles. The van der Waals surface area contributed by atoms with Crippen molar-refractivity contribution in [3.8, 4) is 0 Å². The Morgan fingerprint density at radius 1 is 1.22 bits per heavy atom. The maximum atomic E-state index is 11.2. The fourth-order valence-corrected chi connectivity index (χ4v) is 2.29. The standard InChI is InChI=1S/C14H24N4O3S.HI/c1-3-21-11-10-18-14(16-2)17-9-8-12-4-6-13(7-5-12)22(15,19)20;/h4-7H,3,8-11H2,1-2H3,(H2,15,19,20)(H2,16,17,18);1H. The summed E-state index contributed by atoms with van der Waals surface area (Å²) in [5, 5.41) is 11.4. The van der Waals surface area contributed by atoms with E-state index in [-0.39, 0.29) is 28.9 Å². The maximum absolute atomic E-state index is 11.2. The van der Waals surface area contributed by atoms with Crippen molar-refractivity contribution in [3.05, 3.63) is 29.8 Å². The number of ether oxygens (including phenoxy) is 1. The number of rotatable bonds is 8. The molecule has 1 rings (SSSR count). The minimum Gasteiger partial charge on any atom is -0.380 e. The third-order valence-corrected chi connectivity index (χ3v) is 3.85. The van der Waals surface area contributed by atoms with Crippen LogP contribution in [0.15, 0.2) is 34.2 Å². The van der Waals surface area contributed by atoms with Gasteiger partial charge >= 0.3 is 0 Å². The van der Waals surface area contributed by atoms with Crippen LogP contribution in [0.1, 0.15) is 12.5 Å². The molecular formula is C14H25IN4O3S. The summed E-state index contributed by atoms with van der Waals surface area (Å²) in [6.07, 6.45) is 0.747. The van der Waals surface area contributed by atoms with E-state index in [2.05, 4.69) is 15.6 Å². The molecule has 9 heteroatoms. The predicted octanol–water partition coefficient (Wildman–Crippen LogP) is 0.696. The molecule has 0 saturated carbocycles. The number of halogens is 1. The molecule has 0 heterocycles. The number of nitrogens with two attached hydrogens (primary N) is 1. The van der Waals surface area contributed by atoms with E-state index in [1.807, 2.05) is 6.92 Å². The van der Waals surface area contributed by atoms with E-state index in [1.165, 1.54) is 12.1 Å². The highest BCUT2D eigenvalue weighted by Gasteiger charge is 2.06. The number of hydrogen-bond donors (Lipinski definition) is 3. The van der Waals surface area contributed by atoms with Crippen LogP contribution in [0.25, 0.3) is 0 Å². The lowest BCUT2D eigenvalue weighted by Gasteiger charge is -2.11. The average Bonchev–Trinajstić information content (AvgIpc) is 2.49. The van der Waals surface area contributed by atoms with Gasteiger partial charge in [-0.3, -0.25) is 4.99 Å². The lowest BCUT2D eigenvalue weighted by molar-refractivity contribution is 0.152. The first-order valence-electron chi connectivity index (χ1n) is 7.11.